The number of likely N-dealkylation sites (N-methyl/N-ethyl adjacent to an activating group) is 1. The molecule has 0 bridgehead atoms. The summed E-state index contributed by atoms with van der Waals surface area (Å²) < 4.78 is 0. The predicted molar refractivity (Wildman–Crippen MR) is 65.5 cm³/mol. The van der Waals surface area contributed by atoms with Gasteiger partial charge in [-0.1, -0.05) is 0 Å². The molecular weight excluding hydrogens is 214 g/mol. The summed E-state index contributed by atoms with van der Waals surface area (Å²) >= 11 is 0. The number of aromatic nitrogens is 2. The normalized spacial score (nSPS) is 17.3. The Morgan fingerprint density at radius 3 is 2.82 bits per heavy atom. The Morgan fingerprint density at radius 2 is 2.29 bits per heavy atom. The maximum Gasteiger partial charge on any atom is 0.166 e. The lowest BCUT2D eigenvalue weighted by Crippen LogP contribution is -2.54. The van der Waals surface area contributed by atoms with E-state index in [2.05, 4.69) is 40.6 Å². The van der Waals surface area contributed by atoms with Crippen LogP contribution in [0.5, 0.6) is 0 Å². The van der Waals surface area contributed by atoms with E-state index in [1.807, 2.05) is 0 Å². The van der Waals surface area contributed by atoms with Gasteiger partial charge in [0.05, 0.1) is 11.8 Å². The number of rotatable bonds is 4. The first-order valence-electron chi connectivity index (χ1n) is 5.81. The third kappa shape index (κ3) is 2.22. The average Bonchev–Trinajstić information content (AvgIpc) is 2.27. The van der Waals surface area contributed by atoms with Gasteiger partial charge in [-0.05, 0) is 39.4 Å². The molecule has 1 heterocycles. The van der Waals surface area contributed by atoms with Crippen molar-refractivity contribution in [2.24, 2.45) is 0 Å². The summed E-state index contributed by atoms with van der Waals surface area (Å²) in [5.74, 6) is 0.586. The zero-order valence-electron chi connectivity index (χ0n) is 10.3. The summed E-state index contributed by atoms with van der Waals surface area (Å²) in [7, 11) is 4.20. The number of nitrogens with one attached hydrogen (secondary N) is 1. The lowest BCUT2D eigenvalue weighted by molar-refractivity contribution is 0.0738. The van der Waals surface area contributed by atoms with Crippen molar-refractivity contribution in [3.05, 3.63) is 17.8 Å². The van der Waals surface area contributed by atoms with Gasteiger partial charge in [0.25, 0.3) is 0 Å². The number of hydrogen-bond donors (Lipinski definition) is 1. The van der Waals surface area contributed by atoms with Crippen molar-refractivity contribution in [2.75, 3.05) is 26.0 Å². The minimum absolute atomic E-state index is 0.213. The van der Waals surface area contributed by atoms with Gasteiger partial charge < -0.3 is 10.2 Å². The smallest absolute Gasteiger partial charge is 0.166 e. The SMILES string of the molecule is CN(C)C1(CNc2nnccc2C#N)CCC1. The monoisotopic (exact) mass is 231 g/mol. The molecule has 0 atom stereocenters. The number of anilines is 1. The van der Waals surface area contributed by atoms with Gasteiger partial charge in [0.2, 0.25) is 0 Å². The fourth-order valence-electron chi connectivity index (χ4n) is 2.17. The minimum atomic E-state index is 0.213. The van der Waals surface area contributed by atoms with Gasteiger partial charge in [0.1, 0.15) is 6.07 Å². The van der Waals surface area contributed by atoms with Crippen molar-refractivity contribution < 1.29 is 0 Å². The Balaban J connectivity index is 2.05. The maximum atomic E-state index is 8.96. The largest absolute Gasteiger partial charge is 0.366 e. The van der Waals surface area contributed by atoms with Crippen molar-refractivity contribution in [3.63, 3.8) is 0 Å². The summed E-state index contributed by atoms with van der Waals surface area (Å²) in [4.78, 5) is 2.26. The van der Waals surface area contributed by atoms with Crippen LogP contribution in [0.4, 0.5) is 5.82 Å². The highest BCUT2D eigenvalue weighted by Crippen LogP contribution is 2.36. The van der Waals surface area contributed by atoms with Crippen molar-refractivity contribution >= 4 is 5.82 Å². The molecule has 1 fully saturated rings. The zero-order valence-corrected chi connectivity index (χ0v) is 10.3. The molecular formula is C12H17N5. The number of nitrogens with zero attached hydrogens (tertiary/aromatic N) is 4. The molecule has 0 radical (unpaired) electrons. The van der Waals surface area contributed by atoms with Crippen LogP contribution in [-0.4, -0.2) is 41.3 Å². The van der Waals surface area contributed by atoms with E-state index < -0.39 is 0 Å². The zero-order chi connectivity index (χ0) is 12.3. The lowest BCUT2D eigenvalue weighted by Gasteiger charge is -2.47. The van der Waals surface area contributed by atoms with Gasteiger partial charge in [0.15, 0.2) is 5.82 Å². The first-order valence-corrected chi connectivity index (χ1v) is 5.81. The average molecular weight is 231 g/mol. The van der Waals surface area contributed by atoms with Crippen LogP contribution in [0.15, 0.2) is 12.3 Å². The van der Waals surface area contributed by atoms with E-state index in [0.717, 1.165) is 6.54 Å². The van der Waals surface area contributed by atoms with E-state index in [-0.39, 0.29) is 5.54 Å². The molecule has 17 heavy (non-hydrogen) atoms. The van der Waals surface area contributed by atoms with Crippen molar-refractivity contribution in [3.8, 4) is 6.07 Å². The van der Waals surface area contributed by atoms with Gasteiger partial charge in [-0.2, -0.15) is 10.4 Å². The molecule has 0 aliphatic heterocycles. The lowest BCUT2D eigenvalue weighted by atomic mass is 9.75. The summed E-state index contributed by atoms with van der Waals surface area (Å²) in [6.45, 7) is 0.813. The molecule has 1 aromatic rings. The van der Waals surface area contributed by atoms with Crippen LogP contribution in [0.1, 0.15) is 24.8 Å². The maximum absolute atomic E-state index is 8.96. The predicted octanol–water partition coefficient (Wildman–Crippen LogP) is 1.24. The molecule has 5 heteroatoms. The van der Waals surface area contributed by atoms with Crippen LogP contribution in [0.25, 0.3) is 0 Å². The summed E-state index contributed by atoms with van der Waals surface area (Å²) in [6.07, 6.45) is 5.19. The van der Waals surface area contributed by atoms with E-state index in [9.17, 15) is 0 Å². The quantitative estimate of drug-likeness (QED) is 0.844. The molecule has 0 saturated heterocycles. The van der Waals surface area contributed by atoms with Crippen molar-refractivity contribution in [2.45, 2.75) is 24.8 Å². The molecule has 0 aromatic carbocycles. The molecule has 5 nitrogen and oxygen atoms in total. The summed E-state index contributed by atoms with van der Waals surface area (Å²) in [5, 5.41) is 20.0. The highest BCUT2D eigenvalue weighted by atomic mass is 15.2. The standard InChI is InChI=1S/C12H17N5/c1-17(2)12(5-3-6-12)9-14-11-10(8-13)4-7-15-16-11/h4,7H,3,5-6,9H2,1-2H3,(H,14,16). The van der Waals surface area contributed by atoms with Gasteiger partial charge in [-0.25, -0.2) is 0 Å². The molecule has 2 rings (SSSR count). The third-order valence-electron chi connectivity index (χ3n) is 3.66. The van der Waals surface area contributed by atoms with Crippen LogP contribution in [0.2, 0.25) is 0 Å². The Labute approximate surface area is 101 Å². The molecule has 1 aliphatic carbocycles. The Morgan fingerprint density at radius 1 is 1.53 bits per heavy atom. The Hall–Kier alpha value is -1.67. The molecule has 0 amide bonds. The molecule has 90 valence electrons. The first kappa shape index (κ1) is 11.8. The van der Waals surface area contributed by atoms with Crippen LogP contribution in [-0.2, 0) is 0 Å². The van der Waals surface area contributed by atoms with E-state index in [0.29, 0.717) is 11.4 Å². The van der Waals surface area contributed by atoms with Gasteiger partial charge in [0, 0.05) is 12.1 Å². The fraction of sp³-hybridized carbons (Fsp3) is 0.583. The minimum Gasteiger partial charge on any atom is -0.366 e. The molecule has 0 unspecified atom stereocenters. The first-order chi connectivity index (χ1) is 8.18. The van der Waals surface area contributed by atoms with E-state index in [1.165, 1.54) is 25.5 Å². The van der Waals surface area contributed by atoms with Gasteiger partial charge >= 0.3 is 0 Å². The molecule has 1 saturated carbocycles. The van der Waals surface area contributed by atoms with Gasteiger partial charge in [-0.3, -0.25) is 0 Å². The van der Waals surface area contributed by atoms with Crippen LogP contribution < -0.4 is 5.32 Å². The number of nitriles is 1. The highest BCUT2D eigenvalue weighted by Gasteiger charge is 2.38. The van der Waals surface area contributed by atoms with Gasteiger partial charge in [-0.15, -0.1) is 5.10 Å². The second kappa shape index (κ2) is 4.68. The number of hydrogen-bond acceptors (Lipinski definition) is 5. The highest BCUT2D eigenvalue weighted by molar-refractivity contribution is 5.50. The van der Waals surface area contributed by atoms with E-state index in [4.69, 9.17) is 5.26 Å². The van der Waals surface area contributed by atoms with Crippen molar-refractivity contribution in [1.82, 2.24) is 15.1 Å². The van der Waals surface area contributed by atoms with E-state index >= 15 is 0 Å². The third-order valence-corrected chi connectivity index (χ3v) is 3.66. The Bertz CT molecular complexity index is 431. The second-order valence-corrected chi connectivity index (χ2v) is 4.73. The molecule has 1 N–H and O–H groups in total. The molecule has 0 spiro atoms. The topological polar surface area (TPSA) is 64.8 Å². The summed E-state index contributed by atoms with van der Waals surface area (Å²) in [5.41, 5.74) is 0.762. The second-order valence-electron chi connectivity index (χ2n) is 4.73. The van der Waals surface area contributed by atoms with E-state index in [1.54, 1.807) is 6.07 Å². The molecule has 1 aliphatic rings. The van der Waals surface area contributed by atoms with Crippen molar-refractivity contribution in [1.29, 1.82) is 5.26 Å². The molecule has 1 aromatic heterocycles. The van der Waals surface area contributed by atoms with Crippen LogP contribution >= 0.6 is 0 Å². The Kier molecular flexibility index (Phi) is 3.25. The van der Waals surface area contributed by atoms with Crippen LogP contribution in [0.3, 0.4) is 0 Å². The van der Waals surface area contributed by atoms with Crippen LogP contribution in [0, 0.1) is 11.3 Å². The fourth-order valence-corrected chi connectivity index (χ4v) is 2.17. The summed E-state index contributed by atoms with van der Waals surface area (Å²) in [6, 6.07) is 3.80.